The van der Waals surface area contributed by atoms with Gasteiger partial charge in [0.15, 0.2) is 0 Å². The van der Waals surface area contributed by atoms with Gasteiger partial charge in [-0.15, -0.1) is 0 Å². The Balaban J connectivity index is 1.52. The number of anilines is 2. The van der Waals surface area contributed by atoms with Crippen molar-refractivity contribution in [2.75, 3.05) is 30.3 Å². The molecule has 1 aromatic heterocycles. The number of aromatic nitrogens is 1. The third-order valence-electron chi connectivity index (χ3n) is 4.80. The van der Waals surface area contributed by atoms with Crippen LogP contribution in [-0.2, 0) is 0 Å². The zero-order chi connectivity index (χ0) is 19.2. The number of halogens is 1. The Hall–Kier alpha value is -2.28. The second kappa shape index (κ2) is 9.08. The van der Waals surface area contributed by atoms with E-state index in [0.29, 0.717) is 29.8 Å². The van der Waals surface area contributed by atoms with Gasteiger partial charge in [-0.05, 0) is 71.8 Å². The number of nitrogens with two attached hydrogens (primary N) is 1. The van der Waals surface area contributed by atoms with E-state index in [9.17, 15) is 9.90 Å². The molecule has 1 aromatic carbocycles. The zero-order valence-corrected chi connectivity index (χ0v) is 16.7. The Morgan fingerprint density at radius 2 is 2.22 bits per heavy atom. The molecule has 144 valence electrons. The number of piperidine rings is 1. The molecular formula is C20H24BrN3O3. The van der Waals surface area contributed by atoms with Gasteiger partial charge in [-0.2, -0.15) is 4.98 Å². The summed E-state index contributed by atoms with van der Waals surface area (Å²) in [7, 11) is 0. The number of nitrogens with zero attached hydrogens (tertiary/aromatic N) is 2. The van der Waals surface area contributed by atoms with Crippen LogP contribution in [0.4, 0.5) is 11.5 Å². The first-order chi connectivity index (χ1) is 13.0. The van der Waals surface area contributed by atoms with E-state index >= 15 is 0 Å². The number of benzene rings is 1. The molecule has 1 atom stereocenters. The van der Waals surface area contributed by atoms with Crippen LogP contribution < -0.4 is 15.4 Å². The molecule has 1 saturated heterocycles. The van der Waals surface area contributed by atoms with Gasteiger partial charge in [0, 0.05) is 23.6 Å². The second-order valence-electron chi connectivity index (χ2n) is 6.82. The molecule has 1 aliphatic heterocycles. The normalized spacial score (nSPS) is 16.9. The van der Waals surface area contributed by atoms with Gasteiger partial charge in [0.2, 0.25) is 5.88 Å². The number of carboxylic acids is 1. The summed E-state index contributed by atoms with van der Waals surface area (Å²) in [6, 6.07) is 10.6. The topological polar surface area (TPSA) is 88.7 Å². The summed E-state index contributed by atoms with van der Waals surface area (Å²) < 4.78 is 6.61. The Morgan fingerprint density at radius 3 is 3.00 bits per heavy atom. The maximum absolute atomic E-state index is 11.3. The first-order valence-corrected chi connectivity index (χ1v) is 9.95. The van der Waals surface area contributed by atoms with Gasteiger partial charge in [0.05, 0.1) is 17.9 Å². The van der Waals surface area contributed by atoms with E-state index in [0.717, 1.165) is 42.5 Å². The molecule has 7 heteroatoms. The number of pyridine rings is 1. The molecule has 2 aromatic rings. The molecule has 0 radical (unpaired) electrons. The third-order valence-corrected chi connectivity index (χ3v) is 5.48. The summed E-state index contributed by atoms with van der Waals surface area (Å²) in [4.78, 5) is 17.7. The van der Waals surface area contributed by atoms with Crippen molar-refractivity contribution in [3.8, 4) is 5.88 Å². The number of carbonyl (C=O) groups is 1. The molecule has 0 bridgehead atoms. The summed E-state index contributed by atoms with van der Waals surface area (Å²) >= 11 is 3.56. The Labute approximate surface area is 167 Å². The van der Waals surface area contributed by atoms with Crippen molar-refractivity contribution in [2.24, 2.45) is 5.92 Å². The van der Waals surface area contributed by atoms with Crippen LogP contribution in [0.3, 0.4) is 0 Å². The predicted octanol–water partition coefficient (Wildman–Crippen LogP) is 4.20. The number of carboxylic acid groups (broad SMARTS) is 1. The van der Waals surface area contributed by atoms with Crippen molar-refractivity contribution in [2.45, 2.75) is 25.7 Å². The number of nitrogen functional groups attached to an aromatic ring is 1. The lowest BCUT2D eigenvalue weighted by Crippen LogP contribution is -2.35. The van der Waals surface area contributed by atoms with Crippen LogP contribution in [0.15, 0.2) is 40.9 Å². The molecular weight excluding hydrogens is 410 g/mol. The Morgan fingerprint density at radius 1 is 1.37 bits per heavy atom. The largest absolute Gasteiger partial charge is 0.478 e. The van der Waals surface area contributed by atoms with Gasteiger partial charge in [-0.1, -0.05) is 6.07 Å². The smallest absolute Gasteiger partial charge is 0.335 e. The van der Waals surface area contributed by atoms with Crippen molar-refractivity contribution < 1.29 is 14.6 Å². The lowest BCUT2D eigenvalue weighted by Gasteiger charge is -2.35. The molecule has 0 aliphatic carbocycles. The Bertz CT molecular complexity index is 800. The maximum Gasteiger partial charge on any atom is 0.335 e. The first-order valence-electron chi connectivity index (χ1n) is 9.16. The molecule has 27 heavy (non-hydrogen) atoms. The van der Waals surface area contributed by atoms with Crippen molar-refractivity contribution >= 4 is 33.4 Å². The summed E-state index contributed by atoms with van der Waals surface area (Å²) in [5, 5.41) is 9.24. The van der Waals surface area contributed by atoms with Crippen LogP contribution in [0.25, 0.3) is 0 Å². The number of ether oxygens (including phenoxy) is 1. The van der Waals surface area contributed by atoms with Gasteiger partial charge in [0.1, 0.15) is 5.82 Å². The van der Waals surface area contributed by atoms with Crippen molar-refractivity contribution in [1.29, 1.82) is 0 Å². The summed E-state index contributed by atoms with van der Waals surface area (Å²) in [6.07, 6.45) is 4.30. The molecule has 3 N–H and O–H groups in total. The van der Waals surface area contributed by atoms with Gasteiger partial charge < -0.3 is 20.5 Å². The van der Waals surface area contributed by atoms with Crippen LogP contribution >= 0.6 is 15.9 Å². The SMILES string of the molecule is Nc1cccc(OCCCC2CCCN(c3cc(C(=O)O)ccc3Br)C2)n1. The van der Waals surface area contributed by atoms with E-state index in [1.165, 1.54) is 6.42 Å². The van der Waals surface area contributed by atoms with Crippen LogP contribution in [0.2, 0.25) is 0 Å². The fourth-order valence-electron chi connectivity index (χ4n) is 3.47. The van der Waals surface area contributed by atoms with Crippen molar-refractivity contribution in [3.05, 3.63) is 46.4 Å². The van der Waals surface area contributed by atoms with Crippen molar-refractivity contribution in [1.82, 2.24) is 4.98 Å². The minimum absolute atomic E-state index is 0.318. The molecule has 0 amide bonds. The predicted molar refractivity (Wildman–Crippen MR) is 109 cm³/mol. The first kappa shape index (κ1) is 19.5. The highest BCUT2D eigenvalue weighted by Crippen LogP contribution is 2.32. The van der Waals surface area contributed by atoms with E-state index in [4.69, 9.17) is 10.5 Å². The minimum Gasteiger partial charge on any atom is -0.478 e. The van der Waals surface area contributed by atoms with Crippen molar-refractivity contribution in [3.63, 3.8) is 0 Å². The highest BCUT2D eigenvalue weighted by Gasteiger charge is 2.22. The van der Waals surface area contributed by atoms with Crippen LogP contribution in [0, 0.1) is 5.92 Å². The monoisotopic (exact) mass is 433 g/mol. The Kier molecular flexibility index (Phi) is 6.55. The minimum atomic E-state index is -0.899. The highest BCUT2D eigenvalue weighted by molar-refractivity contribution is 9.10. The maximum atomic E-state index is 11.3. The van der Waals surface area contributed by atoms with E-state index in [1.807, 2.05) is 18.2 Å². The molecule has 1 aliphatic rings. The lowest BCUT2D eigenvalue weighted by atomic mass is 9.93. The number of aromatic carboxylic acids is 1. The zero-order valence-electron chi connectivity index (χ0n) is 15.1. The average molecular weight is 434 g/mol. The number of hydrogen-bond acceptors (Lipinski definition) is 5. The quantitative estimate of drug-likeness (QED) is 0.635. The fraction of sp³-hybridized carbons (Fsp3) is 0.400. The van der Waals surface area contributed by atoms with Crippen LogP contribution in [0.1, 0.15) is 36.0 Å². The van der Waals surface area contributed by atoms with E-state index in [1.54, 1.807) is 18.2 Å². The molecule has 6 nitrogen and oxygen atoms in total. The third kappa shape index (κ3) is 5.35. The molecule has 1 fully saturated rings. The second-order valence-corrected chi connectivity index (χ2v) is 7.67. The summed E-state index contributed by atoms with van der Waals surface area (Å²) in [5.74, 6) is 0.695. The average Bonchev–Trinajstić information content (AvgIpc) is 2.66. The van der Waals surface area contributed by atoms with Gasteiger partial charge in [-0.25, -0.2) is 4.79 Å². The van der Waals surface area contributed by atoms with Crippen LogP contribution in [0.5, 0.6) is 5.88 Å². The highest BCUT2D eigenvalue weighted by atomic mass is 79.9. The standard InChI is InChI=1S/C20H24BrN3O3/c21-16-9-8-15(20(25)26)12-17(16)24-10-2-4-14(13-24)5-3-11-27-19-7-1-6-18(22)23-19/h1,6-9,12,14H,2-5,10-11,13H2,(H2,22,23)(H,25,26). The molecule has 1 unspecified atom stereocenters. The van der Waals surface area contributed by atoms with E-state index in [2.05, 4.69) is 25.8 Å². The summed E-state index contributed by atoms with van der Waals surface area (Å²) in [5.41, 5.74) is 6.93. The van der Waals surface area contributed by atoms with Gasteiger partial charge in [-0.3, -0.25) is 0 Å². The number of rotatable bonds is 7. The molecule has 0 spiro atoms. The number of hydrogen-bond donors (Lipinski definition) is 2. The molecule has 3 rings (SSSR count). The summed E-state index contributed by atoms with van der Waals surface area (Å²) in [6.45, 7) is 2.49. The fourth-order valence-corrected chi connectivity index (χ4v) is 3.96. The lowest BCUT2D eigenvalue weighted by molar-refractivity contribution is 0.0697. The van der Waals surface area contributed by atoms with E-state index < -0.39 is 5.97 Å². The van der Waals surface area contributed by atoms with Crippen LogP contribution in [-0.4, -0.2) is 35.8 Å². The molecule has 0 saturated carbocycles. The van der Waals surface area contributed by atoms with Gasteiger partial charge in [0.25, 0.3) is 0 Å². The molecule has 2 heterocycles. The van der Waals surface area contributed by atoms with E-state index in [-0.39, 0.29) is 0 Å². The van der Waals surface area contributed by atoms with Gasteiger partial charge >= 0.3 is 5.97 Å².